The van der Waals surface area contributed by atoms with Gasteiger partial charge >= 0.3 is 0 Å². The Labute approximate surface area is 67.1 Å². The van der Waals surface area contributed by atoms with Crippen LogP contribution in [0.1, 0.15) is 13.3 Å². The molecule has 64 valence electrons. The van der Waals surface area contributed by atoms with E-state index in [0.29, 0.717) is 13.0 Å². The van der Waals surface area contributed by atoms with Crippen LogP contribution in [-0.4, -0.2) is 24.2 Å². The first-order valence-electron chi connectivity index (χ1n) is 3.74. The molecule has 0 saturated heterocycles. The molecule has 0 aromatic carbocycles. The van der Waals surface area contributed by atoms with E-state index in [0.717, 1.165) is 0 Å². The monoisotopic (exact) mass is 157 g/mol. The summed E-state index contributed by atoms with van der Waals surface area (Å²) in [6.07, 6.45) is 2.12. The molecule has 0 aromatic heterocycles. The van der Waals surface area contributed by atoms with Crippen molar-refractivity contribution in [2.24, 2.45) is 5.92 Å². The van der Waals surface area contributed by atoms with Gasteiger partial charge in [0, 0.05) is 18.9 Å². The second-order valence-electron chi connectivity index (χ2n) is 2.34. The van der Waals surface area contributed by atoms with E-state index >= 15 is 0 Å². The first-order valence-corrected chi connectivity index (χ1v) is 3.74. The first-order chi connectivity index (χ1) is 5.24. The van der Waals surface area contributed by atoms with Gasteiger partial charge in [-0.1, -0.05) is 13.0 Å². The molecule has 2 N–H and O–H groups in total. The Bertz CT molecular complexity index is 134. The number of aliphatic hydroxyl groups excluding tert-OH is 1. The van der Waals surface area contributed by atoms with E-state index in [4.69, 9.17) is 5.11 Å². The SMILES string of the molecule is C=CC(CO)CNC(=O)CC. The van der Waals surface area contributed by atoms with Crippen molar-refractivity contribution in [3.8, 4) is 0 Å². The zero-order valence-electron chi connectivity index (χ0n) is 6.84. The lowest BCUT2D eigenvalue weighted by molar-refractivity contribution is -0.120. The summed E-state index contributed by atoms with van der Waals surface area (Å²) in [6.45, 7) is 5.83. The molecule has 0 radical (unpaired) electrons. The minimum absolute atomic E-state index is 0.00491. The number of nitrogens with one attached hydrogen (secondary N) is 1. The molecule has 3 heteroatoms. The summed E-state index contributed by atoms with van der Waals surface area (Å²) < 4.78 is 0. The molecule has 0 aliphatic rings. The molecule has 0 bridgehead atoms. The molecular formula is C8H15NO2. The summed E-state index contributed by atoms with van der Waals surface area (Å²) in [5.41, 5.74) is 0. The van der Waals surface area contributed by atoms with Crippen molar-refractivity contribution >= 4 is 5.91 Å². The Morgan fingerprint density at radius 1 is 1.82 bits per heavy atom. The Kier molecular flexibility index (Phi) is 5.47. The highest BCUT2D eigenvalue weighted by Gasteiger charge is 2.02. The van der Waals surface area contributed by atoms with Crippen LogP contribution in [-0.2, 0) is 4.79 Å². The summed E-state index contributed by atoms with van der Waals surface area (Å²) in [7, 11) is 0. The van der Waals surface area contributed by atoms with Crippen LogP contribution in [0.2, 0.25) is 0 Å². The summed E-state index contributed by atoms with van der Waals surface area (Å²) in [6, 6.07) is 0. The maximum Gasteiger partial charge on any atom is 0.219 e. The Morgan fingerprint density at radius 2 is 2.45 bits per heavy atom. The molecule has 0 saturated carbocycles. The normalized spacial score (nSPS) is 12.2. The number of rotatable bonds is 5. The van der Waals surface area contributed by atoms with Gasteiger partial charge in [0.15, 0.2) is 0 Å². The molecule has 0 aromatic rings. The first kappa shape index (κ1) is 10.2. The number of carbonyl (C=O) groups is 1. The molecule has 0 aliphatic carbocycles. The van der Waals surface area contributed by atoms with Crippen LogP contribution in [0, 0.1) is 5.92 Å². The van der Waals surface area contributed by atoms with Crippen LogP contribution >= 0.6 is 0 Å². The van der Waals surface area contributed by atoms with Crippen molar-refractivity contribution in [2.45, 2.75) is 13.3 Å². The van der Waals surface area contributed by atoms with Crippen LogP contribution in [0.25, 0.3) is 0 Å². The summed E-state index contributed by atoms with van der Waals surface area (Å²) in [4.78, 5) is 10.7. The largest absolute Gasteiger partial charge is 0.396 e. The van der Waals surface area contributed by atoms with Gasteiger partial charge in [0.1, 0.15) is 0 Å². The van der Waals surface area contributed by atoms with E-state index in [-0.39, 0.29) is 18.4 Å². The Hall–Kier alpha value is -0.830. The number of aliphatic hydroxyl groups is 1. The van der Waals surface area contributed by atoms with Gasteiger partial charge in [-0.3, -0.25) is 4.79 Å². The number of carbonyl (C=O) groups excluding carboxylic acids is 1. The zero-order valence-corrected chi connectivity index (χ0v) is 6.84. The highest BCUT2D eigenvalue weighted by Crippen LogP contribution is 1.92. The van der Waals surface area contributed by atoms with Gasteiger partial charge in [-0.2, -0.15) is 0 Å². The van der Waals surface area contributed by atoms with Gasteiger partial charge in [0.2, 0.25) is 5.91 Å². The van der Waals surface area contributed by atoms with Gasteiger partial charge in [-0.15, -0.1) is 6.58 Å². The van der Waals surface area contributed by atoms with Crippen LogP contribution in [0.4, 0.5) is 0 Å². The van der Waals surface area contributed by atoms with Crippen molar-refractivity contribution in [1.82, 2.24) is 5.32 Å². The molecule has 1 atom stereocenters. The lowest BCUT2D eigenvalue weighted by atomic mass is 10.1. The van der Waals surface area contributed by atoms with Gasteiger partial charge in [-0.25, -0.2) is 0 Å². The second kappa shape index (κ2) is 5.92. The van der Waals surface area contributed by atoms with E-state index in [1.165, 1.54) is 0 Å². The maximum absolute atomic E-state index is 10.7. The summed E-state index contributed by atoms with van der Waals surface area (Å²) >= 11 is 0. The van der Waals surface area contributed by atoms with Crippen LogP contribution in [0.5, 0.6) is 0 Å². The van der Waals surface area contributed by atoms with Gasteiger partial charge in [-0.05, 0) is 0 Å². The standard InChI is InChI=1S/C8H15NO2/c1-3-7(6-10)5-9-8(11)4-2/h3,7,10H,1,4-6H2,2H3,(H,9,11). The van der Waals surface area contributed by atoms with Crippen molar-refractivity contribution in [3.63, 3.8) is 0 Å². The minimum Gasteiger partial charge on any atom is -0.396 e. The predicted molar refractivity (Wildman–Crippen MR) is 44.1 cm³/mol. The average Bonchev–Trinajstić information content (AvgIpc) is 2.06. The van der Waals surface area contributed by atoms with Gasteiger partial charge in [0.25, 0.3) is 0 Å². The third-order valence-corrected chi connectivity index (χ3v) is 1.45. The van der Waals surface area contributed by atoms with Crippen LogP contribution in [0.3, 0.4) is 0 Å². The molecular weight excluding hydrogens is 142 g/mol. The van der Waals surface area contributed by atoms with Gasteiger partial charge < -0.3 is 10.4 Å². The quantitative estimate of drug-likeness (QED) is 0.564. The van der Waals surface area contributed by atoms with Crippen molar-refractivity contribution in [2.75, 3.05) is 13.2 Å². The fraction of sp³-hybridized carbons (Fsp3) is 0.625. The summed E-state index contributed by atoms with van der Waals surface area (Å²) in [5, 5.41) is 11.4. The van der Waals surface area contributed by atoms with Gasteiger partial charge in [0.05, 0.1) is 6.61 Å². The lowest BCUT2D eigenvalue weighted by Gasteiger charge is -2.08. The van der Waals surface area contributed by atoms with E-state index < -0.39 is 0 Å². The number of hydrogen-bond acceptors (Lipinski definition) is 2. The molecule has 0 spiro atoms. The van der Waals surface area contributed by atoms with E-state index in [1.807, 2.05) is 0 Å². The third-order valence-electron chi connectivity index (χ3n) is 1.45. The molecule has 1 amide bonds. The van der Waals surface area contributed by atoms with E-state index in [9.17, 15) is 4.79 Å². The second-order valence-corrected chi connectivity index (χ2v) is 2.34. The fourth-order valence-corrected chi connectivity index (χ4v) is 0.592. The molecule has 11 heavy (non-hydrogen) atoms. The number of amides is 1. The van der Waals surface area contributed by atoms with Crippen molar-refractivity contribution < 1.29 is 9.90 Å². The minimum atomic E-state index is -0.0227. The van der Waals surface area contributed by atoms with Crippen LogP contribution in [0.15, 0.2) is 12.7 Å². The smallest absolute Gasteiger partial charge is 0.219 e. The fourth-order valence-electron chi connectivity index (χ4n) is 0.592. The summed E-state index contributed by atoms with van der Waals surface area (Å²) in [5.74, 6) is -0.0178. The van der Waals surface area contributed by atoms with Crippen LogP contribution < -0.4 is 5.32 Å². The van der Waals surface area contributed by atoms with E-state index in [2.05, 4.69) is 11.9 Å². The topological polar surface area (TPSA) is 49.3 Å². The predicted octanol–water partition coefficient (Wildman–Crippen LogP) is 0.307. The molecule has 3 nitrogen and oxygen atoms in total. The zero-order chi connectivity index (χ0) is 8.69. The molecule has 0 aliphatic heterocycles. The Balaban J connectivity index is 3.50. The third kappa shape index (κ3) is 4.56. The highest BCUT2D eigenvalue weighted by atomic mass is 16.3. The highest BCUT2D eigenvalue weighted by molar-refractivity contribution is 5.75. The molecule has 0 fully saturated rings. The number of hydrogen-bond donors (Lipinski definition) is 2. The maximum atomic E-state index is 10.7. The van der Waals surface area contributed by atoms with Crippen molar-refractivity contribution in [3.05, 3.63) is 12.7 Å². The van der Waals surface area contributed by atoms with E-state index in [1.54, 1.807) is 13.0 Å². The Morgan fingerprint density at radius 3 is 2.82 bits per heavy atom. The molecule has 0 heterocycles. The average molecular weight is 157 g/mol. The van der Waals surface area contributed by atoms with Crippen molar-refractivity contribution in [1.29, 1.82) is 0 Å². The molecule has 0 rings (SSSR count). The molecule has 1 unspecified atom stereocenters. The lowest BCUT2D eigenvalue weighted by Crippen LogP contribution is -2.29.